The number of hydrogen-bond acceptors (Lipinski definition) is 5. The maximum absolute atomic E-state index is 14.7. The first-order valence-corrected chi connectivity index (χ1v) is 9.41. The molecule has 28 heavy (non-hydrogen) atoms. The molecule has 2 aromatic rings. The van der Waals surface area contributed by atoms with Crippen LogP contribution in [0.2, 0.25) is 0 Å². The van der Waals surface area contributed by atoms with Gasteiger partial charge in [-0.2, -0.15) is 5.26 Å². The first-order valence-electron chi connectivity index (χ1n) is 9.41. The highest BCUT2D eigenvalue weighted by molar-refractivity contribution is 5.90. The van der Waals surface area contributed by atoms with E-state index in [0.717, 1.165) is 18.8 Å². The van der Waals surface area contributed by atoms with Gasteiger partial charge in [0.2, 0.25) is 0 Å². The number of rotatable bonds is 3. The molecule has 3 heterocycles. The number of nitrogens with zero attached hydrogens (tertiary/aromatic N) is 3. The van der Waals surface area contributed by atoms with Gasteiger partial charge in [-0.15, -0.1) is 0 Å². The summed E-state index contributed by atoms with van der Waals surface area (Å²) in [6.45, 7) is 3.89. The maximum Gasteiger partial charge on any atom is 0.414 e. The first kappa shape index (κ1) is 17.1. The lowest BCUT2D eigenvalue weighted by atomic mass is 9.96. The van der Waals surface area contributed by atoms with Crippen molar-refractivity contribution in [3.05, 3.63) is 48.0 Å². The van der Waals surface area contributed by atoms with Crippen LogP contribution in [0.1, 0.15) is 12.6 Å². The summed E-state index contributed by atoms with van der Waals surface area (Å²) in [6, 6.07) is 10.8. The quantitative estimate of drug-likeness (QED) is 0.889. The van der Waals surface area contributed by atoms with Crippen molar-refractivity contribution < 1.29 is 13.9 Å². The third-order valence-corrected chi connectivity index (χ3v) is 6.18. The molecule has 4 atom stereocenters. The Hall–Kier alpha value is -2.98. The lowest BCUT2D eigenvalue weighted by Crippen LogP contribution is -2.25. The second kappa shape index (κ2) is 6.01. The van der Waals surface area contributed by atoms with Crippen LogP contribution in [-0.2, 0) is 10.2 Å². The van der Waals surface area contributed by atoms with Crippen LogP contribution in [0.5, 0.6) is 0 Å². The van der Waals surface area contributed by atoms with Gasteiger partial charge >= 0.3 is 6.09 Å². The summed E-state index contributed by atoms with van der Waals surface area (Å²) in [5, 5.41) is 13.0. The number of amides is 1. The molecular formula is C21H19FN4O2. The summed E-state index contributed by atoms with van der Waals surface area (Å²) >= 11 is 0. The van der Waals surface area contributed by atoms with Gasteiger partial charge in [-0.1, -0.05) is 6.07 Å². The van der Waals surface area contributed by atoms with Gasteiger partial charge in [-0.3, -0.25) is 9.88 Å². The number of anilines is 1. The number of benzene rings is 1. The van der Waals surface area contributed by atoms with Crippen molar-refractivity contribution in [2.45, 2.75) is 18.4 Å². The van der Waals surface area contributed by atoms with E-state index in [1.165, 1.54) is 11.0 Å². The van der Waals surface area contributed by atoms with Gasteiger partial charge in [0.15, 0.2) is 0 Å². The minimum absolute atomic E-state index is 0.212. The van der Waals surface area contributed by atoms with E-state index >= 15 is 0 Å². The molecule has 0 radical (unpaired) electrons. The summed E-state index contributed by atoms with van der Waals surface area (Å²) in [5.74, 6) is 0.200. The molecular weight excluding hydrogens is 359 g/mol. The molecule has 1 unspecified atom stereocenters. The Morgan fingerprint density at radius 1 is 1.32 bits per heavy atom. The van der Waals surface area contributed by atoms with Crippen LogP contribution >= 0.6 is 0 Å². The fourth-order valence-electron chi connectivity index (χ4n) is 4.66. The summed E-state index contributed by atoms with van der Waals surface area (Å²) in [5.41, 5.74) is 1.79. The number of halogens is 1. The largest absolute Gasteiger partial charge is 0.444 e. The summed E-state index contributed by atoms with van der Waals surface area (Å²) in [4.78, 5) is 17.8. The normalized spacial score (nSPS) is 30.7. The number of ether oxygens (including phenoxy) is 1. The Bertz CT molecular complexity index is 990. The molecule has 1 aliphatic carbocycles. The molecule has 1 aromatic heterocycles. The van der Waals surface area contributed by atoms with Gasteiger partial charge in [0, 0.05) is 42.2 Å². The van der Waals surface area contributed by atoms with Crippen molar-refractivity contribution in [2.75, 3.05) is 24.5 Å². The third-order valence-electron chi connectivity index (χ3n) is 6.18. The monoisotopic (exact) mass is 378 g/mol. The summed E-state index contributed by atoms with van der Waals surface area (Å²) < 4.78 is 19.8. The zero-order valence-electron chi connectivity index (χ0n) is 15.4. The van der Waals surface area contributed by atoms with Gasteiger partial charge in [0.1, 0.15) is 17.3 Å². The highest BCUT2D eigenvalue weighted by Gasteiger charge is 2.69. The lowest BCUT2D eigenvalue weighted by molar-refractivity contribution is 0.150. The first-order chi connectivity index (χ1) is 13.5. The smallest absolute Gasteiger partial charge is 0.414 e. The third kappa shape index (κ3) is 2.34. The number of cyclic esters (lactones) is 1. The average molecular weight is 378 g/mol. The van der Waals surface area contributed by atoms with Crippen molar-refractivity contribution in [1.82, 2.24) is 10.3 Å². The van der Waals surface area contributed by atoms with Crippen molar-refractivity contribution in [2.24, 2.45) is 11.8 Å². The summed E-state index contributed by atoms with van der Waals surface area (Å²) in [7, 11) is 0. The number of nitriles is 1. The van der Waals surface area contributed by atoms with E-state index in [1.54, 1.807) is 25.3 Å². The predicted octanol–water partition coefficient (Wildman–Crippen LogP) is 2.84. The number of fused-ring (bicyclic) bond motifs is 1. The van der Waals surface area contributed by atoms with Crippen LogP contribution in [0.3, 0.4) is 0 Å². The fourth-order valence-corrected chi connectivity index (χ4v) is 4.66. The highest BCUT2D eigenvalue weighted by atomic mass is 19.1. The van der Waals surface area contributed by atoms with E-state index in [2.05, 4.69) is 16.4 Å². The molecule has 1 aromatic carbocycles. The number of pyridine rings is 1. The molecule has 142 valence electrons. The number of piperidine rings is 1. The van der Waals surface area contributed by atoms with Gasteiger partial charge < -0.3 is 10.1 Å². The molecule has 2 saturated heterocycles. The number of aromatic nitrogens is 1. The van der Waals surface area contributed by atoms with Crippen LogP contribution in [-0.4, -0.2) is 36.8 Å². The second-order valence-corrected chi connectivity index (χ2v) is 7.75. The number of carbonyl (C=O) groups is 1. The molecule has 5 rings (SSSR count). The zero-order chi connectivity index (χ0) is 19.5. The topological polar surface area (TPSA) is 78.3 Å². The van der Waals surface area contributed by atoms with Gasteiger partial charge in [-0.25, -0.2) is 9.18 Å². The molecule has 3 fully saturated rings. The van der Waals surface area contributed by atoms with E-state index in [-0.39, 0.29) is 6.10 Å². The Morgan fingerprint density at radius 2 is 2.11 bits per heavy atom. The Morgan fingerprint density at radius 3 is 2.68 bits per heavy atom. The maximum atomic E-state index is 14.7. The minimum Gasteiger partial charge on any atom is -0.444 e. The standard InChI is InChI=1S/C21H19FN4O2/c1-12-10-26(20(27)28-12)14-3-4-15(18(22)6-14)13-2-5-19(25-7-13)21(11-23)16-8-24-9-17(16)21/h2-7,12,16-17,24H,8-10H2,1H3/t12-,16-,17+,21?/m0/s1. The van der Waals surface area contributed by atoms with Crippen molar-refractivity contribution in [1.29, 1.82) is 5.26 Å². The van der Waals surface area contributed by atoms with E-state index in [4.69, 9.17) is 4.74 Å². The minimum atomic E-state index is -0.501. The average Bonchev–Trinajstić information content (AvgIpc) is 2.99. The number of hydrogen-bond donors (Lipinski definition) is 1. The van der Waals surface area contributed by atoms with Crippen LogP contribution in [0.25, 0.3) is 11.1 Å². The SMILES string of the molecule is C[C@H]1CN(c2ccc(-c3ccc(C4(C#N)[C@@H]5CNC[C@@H]54)nc3)c(F)c2)C(=O)O1. The van der Waals surface area contributed by atoms with Gasteiger partial charge in [-0.05, 0) is 31.2 Å². The molecule has 1 saturated carbocycles. The number of nitrogens with one attached hydrogen (secondary N) is 1. The Labute approximate surface area is 161 Å². The van der Waals surface area contributed by atoms with Crippen molar-refractivity contribution in [3.8, 4) is 17.2 Å². The Balaban J connectivity index is 1.41. The zero-order valence-corrected chi connectivity index (χ0v) is 15.4. The van der Waals surface area contributed by atoms with Crippen LogP contribution in [0.15, 0.2) is 36.5 Å². The molecule has 1 amide bonds. The highest BCUT2D eigenvalue weighted by Crippen LogP contribution is 2.60. The second-order valence-electron chi connectivity index (χ2n) is 7.75. The van der Waals surface area contributed by atoms with E-state index in [1.807, 2.05) is 12.1 Å². The Kier molecular flexibility index (Phi) is 3.68. The molecule has 3 aliphatic rings. The molecule has 1 N–H and O–H groups in total. The number of carbonyl (C=O) groups excluding carboxylic acids is 1. The van der Waals surface area contributed by atoms with Crippen molar-refractivity contribution in [3.63, 3.8) is 0 Å². The van der Waals surface area contributed by atoms with Gasteiger partial charge in [0.05, 0.1) is 24.0 Å². The molecule has 2 aliphatic heterocycles. The van der Waals surface area contributed by atoms with Crippen LogP contribution in [0, 0.1) is 29.0 Å². The van der Waals surface area contributed by atoms with Crippen LogP contribution < -0.4 is 10.2 Å². The molecule has 7 heteroatoms. The summed E-state index contributed by atoms with van der Waals surface area (Å²) in [6.07, 6.45) is 0.952. The van der Waals surface area contributed by atoms with Crippen molar-refractivity contribution >= 4 is 11.8 Å². The van der Waals surface area contributed by atoms with Crippen LogP contribution in [0.4, 0.5) is 14.9 Å². The fraction of sp³-hybridized carbons (Fsp3) is 0.381. The molecule has 0 bridgehead atoms. The lowest BCUT2D eigenvalue weighted by Gasteiger charge is -2.15. The molecule has 0 spiro atoms. The molecule has 6 nitrogen and oxygen atoms in total. The van der Waals surface area contributed by atoms with Gasteiger partial charge in [0.25, 0.3) is 0 Å². The van der Waals surface area contributed by atoms with E-state index in [0.29, 0.717) is 35.2 Å². The van der Waals surface area contributed by atoms with E-state index in [9.17, 15) is 14.4 Å². The predicted molar refractivity (Wildman–Crippen MR) is 100 cm³/mol. The van der Waals surface area contributed by atoms with E-state index < -0.39 is 17.3 Å².